The molecule has 27 heteroatoms. The van der Waals surface area contributed by atoms with E-state index in [1.165, 1.54) is 65.4 Å². The van der Waals surface area contributed by atoms with E-state index in [9.17, 15) is 48.9 Å². The Kier molecular flexibility index (Phi) is 24.0. The van der Waals surface area contributed by atoms with Crippen LogP contribution in [0.15, 0.2) is 100.0 Å². The molecule has 4 aliphatic heterocycles. The van der Waals surface area contributed by atoms with E-state index in [-0.39, 0.29) is 118 Å². The highest BCUT2D eigenvalue weighted by atomic mass is 16.7. The molecule has 0 spiro atoms. The second-order valence-corrected chi connectivity index (χ2v) is 25.6. The summed E-state index contributed by atoms with van der Waals surface area (Å²) in [5, 5.41) is 56.1. The largest absolute Gasteiger partial charge is 0.507 e. The van der Waals surface area contributed by atoms with Crippen molar-refractivity contribution in [1.82, 2.24) is 25.8 Å². The van der Waals surface area contributed by atoms with Gasteiger partial charge >= 0.3 is 11.8 Å². The lowest BCUT2D eigenvalue weighted by Gasteiger charge is -2.38. The van der Waals surface area contributed by atoms with E-state index in [0.717, 1.165) is 4.90 Å². The number of amides is 6. The number of ether oxygens (including phenoxy) is 5. The number of hydrogen-bond donors (Lipinski definition) is 10. The fourth-order valence-corrected chi connectivity index (χ4v) is 12.2. The average molecular weight is 1350 g/mol. The number of carbonyl (C=O) groups is 8. The first kappa shape index (κ1) is 73.8. The Hall–Kier alpha value is -9.99. The molecule has 3 aromatic carbocycles. The number of esters is 1. The minimum Gasteiger partial charge on any atom is -0.507 e. The molecule has 3 aromatic rings. The maximum Gasteiger partial charge on any atom is 0.312 e. The lowest BCUT2D eigenvalue weighted by atomic mass is 9.78. The molecule has 11 atom stereocenters. The standard InChI is InChI=1S/C71H87N9O18/c1-35(2)55(77-49(82)23-13-12-14-32-80-50(83)28-29-51(80)84)69(92)76-45(20-17-31-74-70(72)73)68(91)75-44-26-24-43(25-27-44)34-94-47-21-16-22-48-56(47)78-57-52-53-61(87)41(8)64-54(52)66(89)71(10,98-64)95-33-30-46(93-11)38(5)63(96-42(9)81)40(7)60(86)39(6)59(85)36(3)18-15-19-37(4)67(90)79-58(62(53)88)65(57)97-48/h15-16,18-19,21-22,24-30,33,35-36,38-40,45-46,55,59-60,63,85-87H,12-14,17,20,23,31-32,34H2,1-11H3,(H,75,91)(H,76,92)(H,77,82)(H,79,90)(H4,72,73,74)/b18-15+,33-30+,37-19-/t36-,38+,39+,40+,45-,46-,55-,59-,60+,63+,71-/m0/s1. The Labute approximate surface area is 566 Å². The Balaban J connectivity index is 1.08. The molecule has 0 saturated carbocycles. The maximum atomic E-state index is 15.1. The van der Waals surface area contributed by atoms with Crippen molar-refractivity contribution in [3.8, 4) is 28.7 Å². The van der Waals surface area contributed by atoms with Gasteiger partial charge in [0.15, 0.2) is 17.3 Å². The maximum absolute atomic E-state index is 15.1. The van der Waals surface area contributed by atoms with E-state index in [1.54, 1.807) is 96.2 Å². The van der Waals surface area contributed by atoms with Gasteiger partial charge in [0.25, 0.3) is 23.5 Å². The van der Waals surface area contributed by atoms with Crippen molar-refractivity contribution in [2.45, 2.75) is 157 Å². The number of aromatic nitrogens is 1. The van der Waals surface area contributed by atoms with Gasteiger partial charge in [0, 0.05) is 98.5 Å². The zero-order valence-electron chi connectivity index (χ0n) is 56.7. The van der Waals surface area contributed by atoms with Crippen molar-refractivity contribution in [2.75, 3.05) is 30.8 Å². The van der Waals surface area contributed by atoms with Crippen LogP contribution in [0.2, 0.25) is 0 Å². The smallest absolute Gasteiger partial charge is 0.312 e. The summed E-state index contributed by atoms with van der Waals surface area (Å²) < 4.78 is 37.1. The molecule has 98 heavy (non-hydrogen) atoms. The first-order chi connectivity index (χ1) is 46.5. The van der Waals surface area contributed by atoms with Gasteiger partial charge < -0.3 is 75.7 Å². The molecule has 524 valence electrons. The van der Waals surface area contributed by atoms with E-state index in [1.807, 2.05) is 0 Å². The minimum absolute atomic E-state index is 0.0208. The number of aromatic hydroxyl groups is 1. The molecule has 0 fully saturated rings. The van der Waals surface area contributed by atoms with Crippen molar-refractivity contribution in [2.24, 2.45) is 35.3 Å². The molecular formula is C71H87N9O18. The SMILES string of the molecule is CO[C@H]1/C=C/O[C@@]2(C)Oc3c(C)c(O)c4c(=O)c(c5oc6cccc(OCc7ccc(NC(=O)[C@H](CCCNC(=N)N)NC(=O)[C@@H](NC(=O)CCCCCN8C(=O)C=CC8=O)C(C)C)cc7)c6nc-5c4c3C2=O)NC(=O)/C(C)=C\C=C\[C@H](C)[C@H](O)[C@@H](C)[C@@H](O)[C@@H](C)[C@H](OC(C)=O)[C@@H]1C. The zero-order valence-corrected chi connectivity index (χ0v) is 56.7. The van der Waals surface area contributed by atoms with E-state index in [4.69, 9.17) is 44.2 Å². The average Bonchev–Trinajstić information content (AvgIpc) is 1.39. The molecule has 1 aliphatic carbocycles. The summed E-state index contributed by atoms with van der Waals surface area (Å²) >= 11 is 0. The molecule has 6 amide bonds. The van der Waals surface area contributed by atoms with Crippen LogP contribution < -0.4 is 47.2 Å². The summed E-state index contributed by atoms with van der Waals surface area (Å²) in [6.07, 6.45) is 7.58. The molecule has 11 N–H and O–H groups in total. The highest BCUT2D eigenvalue weighted by molar-refractivity contribution is 6.22. The number of anilines is 2. The zero-order chi connectivity index (χ0) is 71.6. The number of nitrogens with zero attached hydrogens (tertiary/aromatic N) is 2. The van der Waals surface area contributed by atoms with Gasteiger partial charge in [-0.05, 0) is 81.4 Å². The van der Waals surface area contributed by atoms with Gasteiger partial charge in [0.05, 0.1) is 35.5 Å². The van der Waals surface area contributed by atoms with Crippen molar-refractivity contribution in [3.05, 3.63) is 118 Å². The number of phenols is 1. The van der Waals surface area contributed by atoms with Crippen LogP contribution >= 0.6 is 0 Å². The predicted octanol–water partition coefficient (Wildman–Crippen LogP) is 6.84. The first-order valence-electron chi connectivity index (χ1n) is 32.6. The number of para-hydroxylation sites is 1. The molecule has 27 nitrogen and oxygen atoms in total. The minimum atomic E-state index is -2.16. The van der Waals surface area contributed by atoms with Gasteiger partial charge in [-0.25, -0.2) is 4.98 Å². The topological polar surface area (TPSA) is 400 Å². The number of allylic oxidation sites excluding steroid dienone is 2. The molecule has 4 heterocycles. The Bertz CT molecular complexity index is 4030. The summed E-state index contributed by atoms with van der Waals surface area (Å²) in [4.78, 5) is 128. The number of fused-ring (bicyclic) bond motifs is 2. The first-order valence-corrected chi connectivity index (χ1v) is 32.6. The predicted molar refractivity (Wildman–Crippen MR) is 363 cm³/mol. The molecule has 0 unspecified atom stereocenters. The van der Waals surface area contributed by atoms with Crippen LogP contribution in [-0.2, 0) is 54.4 Å². The number of nitrogens with one attached hydrogen (secondary N) is 6. The number of rotatable bonds is 21. The number of aliphatic hydroxyl groups excluding tert-OH is 2. The van der Waals surface area contributed by atoms with Gasteiger partial charge in [-0.1, -0.05) is 84.4 Å². The van der Waals surface area contributed by atoms with Crippen LogP contribution in [0.25, 0.3) is 33.3 Å². The quantitative estimate of drug-likeness (QED) is 0.00683. The van der Waals surface area contributed by atoms with Crippen LogP contribution in [-0.4, -0.2) is 141 Å². The summed E-state index contributed by atoms with van der Waals surface area (Å²) in [6, 6.07) is 9.28. The third-order valence-electron chi connectivity index (χ3n) is 18.0. The molecule has 5 aliphatic rings. The Morgan fingerprint density at radius 3 is 2.24 bits per heavy atom. The number of nitrogens with two attached hydrogens (primary N) is 1. The number of carbonyl (C=O) groups excluding carboxylic acids is 8. The number of guanidine groups is 1. The second-order valence-electron chi connectivity index (χ2n) is 25.6. The molecule has 0 radical (unpaired) electrons. The van der Waals surface area contributed by atoms with Crippen LogP contribution in [0.5, 0.6) is 17.2 Å². The summed E-state index contributed by atoms with van der Waals surface area (Å²) in [5.74, 6) is -10.9. The number of imide groups is 1. The van der Waals surface area contributed by atoms with Crippen molar-refractivity contribution in [1.29, 1.82) is 5.41 Å². The number of ketones is 1. The summed E-state index contributed by atoms with van der Waals surface area (Å²) in [6.45, 7) is 16.2. The van der Waals surface area contributed by atoms with Crippen molar-refractivity contribution in [3.63, 3.8) is 0 Å². The van der Waals surface area contributed by atoms with Crippen LogP contribution in [0.3, 0.4) is 0 Å². The van der Waals surface area contributed by atoms with E-state index in [2.05, 4.69) is 26.6 Å². The highest BCUT2D eigenvalue weighted by Crippen LogP contribution is 2.51. The second kappa shape index (κ2) is 31.9. The lowest BCUT2D eigenvalue weighted by molar-refractivity contribution is -0.160. The number of benzene rings is 4. The van der Waals surface area contributed by atoms with E-state index >= 15 is 9.59 Å². The van der Waals surface area contributed by atoms with Gasteiger partial charge in [-0.15, -0.1) is 0 Å². The van der Waals surface area contributed by atoms with Crippen LogP contribution in [0, 0.1) is 41.9 Å². The van der Waals surface area contributed by atoms with E-state index in [0.29, 0.717) is 36.9 Å². The van der Waals surface area contributed by atoms with Crippen molar-refractivity contribution < 1.29 is 81.8 Å². The number of hydrogen-bond acceptors (Lipinski definition) is 20. The molecule has 4 bridgehead atoms. The number of Topliss-reactive ketones (excluding diaryl/α,β-unsaturated/α-hetero) is 1. The van der Waals surface area contributed by atoms with E-state index < -0.39 is 118 Å². The Morgan fingerprint density at radius 1 is 0.878 bits per heavy atom. The molecular weight excluding hydrogens is 1270 g/mol. The number of phenolic OH excluding ortho intramolecular Hbond substituents is 1. The van der Waals surface area contributed by atoms with Gasteiger partial charge in [0.2, 0.25) is 23.2 Å². The van der Waals surface area contributed by atoms with Gasteiger partial charge in [-0.3, -0.25) is 53.5 Å². The number of unbranched alkanes of at least 4 members (excludes halogenated alkanes) is 2. The van der Waals surface area contributed by atoms with Crippen LogP contribution in [0.1, 0.15) is 122 Å². The third kappa shape index (κ3) is 16.7. The van der Waals surface area contributed by atoms with Gasteiger partial charge in [-0.2, -0.15) is 0 Å². The summed E-state index contributed by atoms with van der Waals surface area (Å²) in [7, 11) is 1.41. The lowest BCUT2D eigenvalue weighted by Crippen LogP contribution is -2.54. The third-order valence-corrected chi connectivity index (χ3v) is 18.0. The molecule has 8 rings (SSSR count). The Morgan fingerprint density at radius 2 is 1.58 bits per heavy atom. The van der Waals surface area contributed by atoms with Crippen molar-refractivity contribution >= 4 is 86.4 Å². The van der Waals surface area contributed by atoms with Crippen LogP contribution in [0.4, 0.5) is 11.4 Å². The number of methoxy groups -OCH3 is 1. The number of aliphatic hydroxyl groups is 2. The summed E-state index contributed by atoms with van der Waals surface area (Å²) in [5.41, 5.74) is 4.94. The fraction of sp³-hybridized carbons (Fsp3) is 0.451. The highest BCUT2D eigenvalue weighted by Gasteiger charge is 2.50. The fourth-order valence-electron chi connectivity index (χ4n) is 12.2. The molecule has 0 saturated heterocycles. The van der Waals surface area contributed by atoms with Gasteiger partial charge in [0.1, 0.15) is 58.9 Å². The molecule has 0 aromatic heterocycles. The monoisotopic (exact) mass is 1350 g/mol. The normalized spacial score (nSPS) is 23.9.